The highest BCUT2D eigenvalue weighted by atomic mass is 32.1. The van der Waals surface area contributed by atoms with E-state index in [2.05, 4.69) is 10.3 Å². The third kappa shape index (κ3) is 3.97. The van der Waals surface area contributed by atoms with Gasteiger partial charge < -0.3 is 14.5 Å². The summed E-state index contributed by atoms with van der Waals surface area (Å²) in [6.45, 7) is 4.00. The topological polar surface area (TPSA) is 72.7 Å². The first-order valence-electron chi connectivity index (χ1n) is 9.64. The number of imidazole rings is 1. The molecule has 7 heteroatoms. The van der Waals surface area contributed by atoms with Gasteiger partial charge in [-0.3, -0.25) is 4.79 Å². The molecule has 3 aromatic heterocycles. The number of nitrogens with zero attached hydrogens (tertiary/aromatic N) is 2. The number of pyridine rings is 1. The number of aryl methyl sites for hydroxylation is 1. The van der Waals surface area contributed by atoms with Crippen molar-refractivity contribution in [3.8, 4) is 11.1 Å². The number of esters is 1. The van der Waals surface area contributed by atoms with Crippen LogP contribution in [0.5, 0.6) is 0 Å². The number of carbonyl (C=O) groups is 2. The molecule has 0 atom stereocenters. The van der Waals surface area contributed by atoms with E-state index in [0.717, 1.165) is 22.3 Å². The van der Waals surface area contributed by atoms with Gasteiger partial charge in [-0.25, -0.2) is 9.78 Å². The molecular formula is C23H21N3O3S. The van der Waals surface area contributed by atoms with Crippen LogP contribution in [0.2, 0.25) is 0 Å². The summed E-state index contributed by atoms with van der Waals surface area (Å²) in [5, 5.41) is 5.23. The third-order valence-electron chi connectivity index (χ3n) is 4.68. The summed E-state index contributed by atoms with van der Waals surface area (Å²) in [5.74, 6) is -0.681. The Kier molecular flexibility index (Phi) is 5.63. The first-order valence-corrected chi connectivity index (χ1v) is 10.5. The van der Waals surface area contributed by atoms with Crippen molar-refractivity contribution in [2.24, 2.45) is 0 Å². The fourth-order valence-electron chi connectivity index (χ4n) is 3.31. The van der Waals surface area contributed by atoms with Crippen LogP contribution in [0.4, 0.5) is 5.00 Å². The van der Waals surface area contributed by atoms with Gasteiger partial charge in [-0.1, -0.05) is 36.4 Å². The van der Waals surface area contributed by atoms with Crippen LogP contribution >= 0.6 is 11.3 Å². The Morgan fingerprint density at radius 3 is 2.70 bits per heavy atom. The number of aromatic nitrogens is 2. The van der Waals surface area contributed by atoms with Crippen LogP contribution in [-0.4, -0.2) is 27.9 Å². The summed E-state index contributed by atoms with van der Waals surface area (Å²) in [5.41, 5.74) is 4.56. The van der Waals surface area contributed by atoms with Gasteiger partial charge in [-0.05, 0) is 31.0 Å². The standard InChI is InChI=1S/C23H21N3O3S/c1-3-29-23(28)20-18(16-9-5-4-6-10-16)14-30-22(20)25-19(27)12-17-13-26-11-7-8-15(2)21(26)24-17/h4-11,13-14H,3,12H2,1-2H3,(H,25,27). The Labute approximate surface area is 178 Å². The summed E-state index contributed by atoms with van der Waals surface area (Å²) in [6, 6.07) is 13.5. The Morgan fingerprint density at radius 2 is 1.97 bits per heavy atom. The summed E-state index contributed by atoms with van der Waals surface area (Å²) in [4.78, 5) is 29.9. The Bertz CT molecular complexity index is 1210. The number of hydrogen-bond donors (Lipinski definition) is 1. The van der Waals surface area contributed by atoms with Crippen LogP contribution in [-0.2, 0) is 16.0 Å². The van der Waals surface area contributed by atoms with Gasteiger partial charge in [-0.2, -0.15) is 0 Å². The zero-order chi connectivity index (χ0) is 21.1. The first kappa shape index (κ1) is 19.8. The quantitative estimate of drug-likeness (QED) is 0.459. The highest BCUT2D eigenvalue weighted by Gasteiger charge is 2.23. The molecule has 1 aromatic carbocycles. The van der Waals surface area contributed by atoms with E-state index in [4.69, 9.17) is 4.74 Å². The molecule has 4 aromatic rings. The average Bonchev–Trinajstić information content (AvgIpc) is 3.33. The minimum absolute atomic E-state index is 0.113. The summed E-state index contributed by atoms with van der Waals surface area (Å²) < 4.78 is 7.15. The van der Waals surface area contributed by atoms with E-state index in [9.17, 15) is 9.59 Å². The van der Waals surface area contributed by atoms with Crippen molar-refractivity contribution in [3.05, 3.63) is 77.1 Å². The molecule has 6 nitrogen and oxygen atoms in total. The molecule has 0 aliphatic heterocycles. The maximum Gasteiger partial charge on any atom is 0.341 e. The number of carbonyl (C=O) groups excluding carboxylic acids is 2. The van der Waals surface area contributed by atoms with Crippen LogP contribution in [0.1, 0.15) is 28.5 Å². The molecule has 30 heavy (non-hydrogen) atoms. The number of fused-ring (bicyclic) bond motifs is 1. The molecule has 1 N–H and O–H groups in total. The Morgan fingerprint density at radius 1 is 1.17 bits per heavy atom. The van der Waals surface area contributed by atoms with Crippen LogP contribution in [0.3, 0.4) is 0 Å². The fourth-order valence-corrected chi connectivity index (χ4v) is 4.28. The molecule has 0 unspecified atom stereocenters. The molecule has 0 spiro atoms. The van der Waals surface area contributed by atoms with Crippen molar-refractivity contribution in [2.45, 2.75) is 20.3 Å². The second-order valence-electron chi connectivity index (χ2n) is 6.82. The number of hydrogen-bond acceptors (Lipinski definition) is 5. The second kappa shape index (κ2) is 8.51. The van der Waals surface area contributed by atoms with E-state index in [1.54, 1.807) is 6.92 Å². The lowest BCUT2D eigenvalue weighted by atomic mass is 10.0. The molecule has 4 rings (SSSR count). The van der Waals surface area contributed by atoms with Crippen molar-refractivity contribution >= 4 is 33.9 Å². The fraction of sp³-hybridized carbons (Fsp3) is 0.174. The van der Waals surface area contributed by atoms with Gasteiger partial charge in [0.1, 0.15) is 16.2 Å². The maximum absolute atomic E-state index is 12.7. The van der Waals surface area contributed by atoms with Gasteiger partial charge in [-0.15, -0.1) is 11.3 Å². The molecule has 0 saturated heterocycles. The minimum atomic E-state index is -0.448. The molecule has 0 fully saturated rings. The molecule has 3 heterocycles. The van der Waals surface area contributed by atoms with Crippen molar-refractivity contribution in [1.82, 2.24) is 9.38 Å². The smallest absolute Gasteiger partial charge is 0.341 e. The van der Waals surface area contributed by atoms with E-state index < -0.39 is 5.97 Å². The molecule has 0 aliphatic carbocycles. The highest BCUT2D eigenvalue weighted by Crippen LogP contribution is 2.36. The van der Waals surface area contributed by atoms with Gasteiger partial charge in [0.05, 0.1) is 18.7 Å². The summed E-state index contributed by atoms with van der Waals surface area (Å²) in [6.07, 6.45) is 3.86. The van der Waals surface area contributed by atoms with Crippen molar-refractivity contribution in [1.29, 1.82) is 0 Å². The summed E-state index contributed by atoms with van der Waals surface area (Å²) >= 11 is 1.31. The molecule has 0 aliphatic rings. The molecular weight excluding hydrogens is 398 g/mol. The zero-order valence-corrected chi connectivity index (χ0v) is 17.5. The number of benzene rings is 1. The molecule has 1 amide bonds. The van der Waals surface area contributed by atoms with E-state index >= 15 is 0 Å². The molecule has 0 radical (unpaired) electrons. The predicted molar refractivity (Wildman–Crippen MR) is 118 cm³/mol. The van der Waals surface area contributed by atoms with Crippen molar-refractivity contribution in [2.75, 3.05) is 11.9 Å². The average molecular weight is 420 g/mol. The normalized spacial score (nSPS) is 10.9. The highest BCUT2D eigenvalue weighted by molar-refractivity contribution is 7.15. The molecule has 0 bridgehead atoms. The number of nitrogens with one attached hydrogen (secondary N) is 1. The van der Waals surface area contributed by atoms with E-state index in [0.29, 0.717) is 16.3 Å². The van der Waals surface area contributed by atoms with Gasteiger partial charge in [0.15, 0.2) is 0 Å². The Hall–Kier alpha value is -3.45. The van der Waals surface area contributed by atoms with Gasteiger partial charge >= 0.3 is 5.97 Å². The minimum Gasteiger partial charge on any atom is -0.462 e. The number of thiophene rings is 1. The first-order chi connectivity index (χ1) is 14.6. The van der Waals surface area contributed by atoms with Crippen LogP contribution < -0.4 is 5.32 Å². The maximum atomic E-state index is 12.7. The van der Waals surface area contributed by atoms with Gasteiger partial charge in [0.25, 0.3) is 0 Å². The summed E-state index contributed by atoms with van der Waals surface area (Å²) in [7, 11) is 0. The lowest BCUT2D eigenvalue weighted by Crippen LogP contribution is -2.16. The van der Waals surface area contributed by atoms with E-state index in [-0.39, 0.29) is 18.9 Å². The third-order valence-corrected chi connectivity index (χ3v) is 5.57. The van der Waals surface area contributed by atoms with Gasteiger partial charge in [0, 0.05) is 23.3 Å². The zero-order valence-electron chi connectivity index (χ0n) is 16.7. The van der Waals surface area contributed by atoms with Crippen molar-refractivity contribution in [3.63, 3.8) is 0 Å². The van der Waals surface area contributed by atoms with E-state index in [1.807, 2.05) is 71.6 Å². The lowest BCUT2D eigenvalue weighted by Gasteiger charge is -2.08. The SMILES string of the molecule is CCOC(=O)c1c(-c2ccccc2)csc1NC(=O)Cc1cn2cccc(C)c2n1. The number of amides is 1. The molecule has 152 valence electrons. The number of ether oxygens (including phenoxy) is 1. The second-order valence-corrected chi connectivity index (χ2v) is 7.70. The molecule has 0 saturated carbocycles. The van der Waals surface area contributed by atoms with Gasteiger partial charge in [0.2, 0.25) is 5.91 Å². The van der Waals surface area contributed by atoms with Crippen LogP contribution in [0, 0.1) is 6.92 Å². The number of rotatable bonds is 6. The van der Waals surface area contributed by atoms with E-state index in [1.165, 1.54) is 11.3 Å². The van der Waals surface area contributed by atoms with Crippen LogP contribution in [0.15, 0.2) is 60.2 Å². The monoisotopic (exact) mass is 419 g/mol. The lowest BCUT2D eigenvalue weighted by molar-refractivity contribution is -0.115. The predicted octanol–water partition coefficient (Wildman–Crippen LogP) is 4.73. The van der Waals surface area contributed by atoms with Crippen molar-refractivity contribution < 1.29 is 14.3 Å². The Balaban J connectivity index is 1.60. The van der Waals surface area contributed by atoms with Crippen LogP contribution in [0.25, 0.3) is 16.8 Å². The number of anilines is 1. The largest absolute Gasteiger partial charge is 0.462 e.